The first kappa shape index (κ1) is 23.3. The zero-order chi connectivity index (χ0) is 25.4. The monoisotopic (exact) mass is 494 g/mol. The first-order chi connectivity index (χ1) is 17.2. The summed E-state index contributed by atoms with van der Waals surface area (Å²) in [6, 6.07) is 13.1. The summed E-state index contributed by atoms with van der Waals surface area (Å²) in [5, 5.41) is 10.2. The molecule has 0 spiro atoms. The molecule has 1 unspecified atom stereocenters. The number of nitrogens with zero attached hydrogens (tertiary/aromatic N) is 4. The summed E-state index contributed by atoms with van der Waals surface area (Å²) in [6.07, 6.45) is -0.397. The molecule has 0 bridgehead atoms. The van der Waals surface area contributed by atoms with Crippen LogP contribution in [0.1, 0.15) is 13.3 Å². The highest BCUT2D eigenvalue weighted by atomic mass is 19.4. The van der Waals surface area contributed by atoms with Crippen LogP contribution in [0, 0.1) is 0 Å². The molecule has 2 N–H and O–H groups in total. The SMILES string of the molecule is CC(CC(F)(F)F)NC(=O)Cn1c(=O)n(-c2ccc(-c3cncc4[nH]ncc34)cc2)c2ccccc21. The highest BCUT2D eigenvalue weighted by Crippen LogP contribution is 2.28. The number of fused-ring (bicyclic) bond motifs is 2. The van der Waals surface area contributed by atoms with Gasteiger partial charge >= 0.3 is 11.9 Å². The maximum absolute atomic E-state index is 13.4. The van der Waals surface area contributed by atoms with Crippen LogP contribution in [-0.4, -0.2) is 42.4 Å². The van der Waals surface area contributed by atoms with Crippen molar-refractivity contribution in [2.24, 2.45) is 0 Å². The second-order valence-electron chi connectivity index (χ2n) is 8.55. The van der Waals surface area contributed by atoms with Crippen LogP contribution in [0.25, 0.3) is 38.8 Å². The summed E-state index contributed by atoms with van der Waals surface area (Å²) in [4.78, 5) is 30.1. The molecule has 11 heteroatoms. The Kier molecular flexibility index (Phi) is 5.83. The number of carbonyl (C=O) groups is 1. The Morgan fingerprint density at radius 1 is 1.06 bits per heavy atom. The van der Waals surface area contributed by atoms with Crippen LogP contribution in [0.15, 0.2) is 71.9 Å². The molecule has 5 aromatic rings. The van der Waals surface area contributed by atoms with E-state index >= 15 is 0 Å². The normalized spacial score (nSPS) is 12.8. The van der Waals surface area contributed by atoms with Gasteiger partial charge in [-0.05, 0) is 36.8 Å². The van der Waals surface area contributed by atoms with Gasteiger partial charge in [-0.2, -0.15) is 18.3 Å². The van der Waals surface area contributed by atoms with Crippen LogP contribution in [-0.2, 0) is 11.3 Å². The van der Waals surface area contributed by atoms with Crippen molar-refractivity contribution in [1.82, 2.24) is 29.6 Å². The molecular formula is C25H21F3N6O2. The third kappa shape index (κ3) is 4.47. The maximum Gasteiger partial charge on any atom is 0.391 e. The third-order valence-electron chi connectivity index (χ3n) is 5.89. The van der Waals surface area contributed by atoms with Gasteiger partial charge in [-0.3, -0.25) is 24.0 Å². The van der Waals surface area contributed by atoms with Crippen molar-refractivity contribution in [2.75, 3.05) is 0 Å². The van der Waals surface area contributed by atoms with Gasteiger partial charge in [0, 0.05) is 23.2 Å². The molecule has 2 aromatic carbocycles. The number of nitrogens with one attached hydrogen (secondary N) is 2. The number of pyridine rings is 1. The summed E-state index contributed by atoms with van der Waals surface area (Å²) in [5.74, 6) is -0.673. The fourth-order valence-corrected chi connectivity index (χ4v) is 4.36. The van der Waals surface area contributed by atoms with E-state index in [0.717, 1.165) is 22.0 Å². The van der Waals surface area contributed by atoms with Crippen molar-refractivity contribution in [3.8, 4) is 16.8 Å². The molecule has 5 rings (SSSR count). The molecule has 1 atom stereocenters. The lowest BCUT2D eigenvalue weighted by Crippen LogP contribution is -2.39. The molecule has 0 radical (unpaired) electrons. The molecule has 184 valence electrons. The predicted octanol–water partition coefficient (Wildman–Crippen LogP) is 4.19. The molecule has 0 aliphatic rings. The van der Waals surface area contributed by atoms with Crippen molar-refractivity contribution in [3.63, 3.8) is 0 Å². The first-order valence-electron chi connectivity index (χ1n) is 11.2. The number of hydrogen-bond acceptors (Lipinski definition) is 4. The van der Waals surface area contributed by atoms with Gasteiger partial charge in [-0.25, -0.2) is 4.79 Å². The highest BCUT2D eigenvalue weighted by molar-refractivity contribution is 5.93. The van der Waals surface area contributed by atoms with Crippen LogP contribution >= 0.6 is 0 Å². The fraction of sp³-hybridized carbons (Fsp3) is 0.200. The number of rotatable bonds is 6. The zero-order valence-electron chi connectivity index (χ0n) is 19.1. The van der Waals surface area contributed by atoms with E-state index in [1.165, 1.54) is 16.1 Å². The Morgan fingerprint density at radius 2 is 1.78 bits per heavy atom. The van der Waals surface area contributed by atoms with Crippen LogP contribution < -0.4 is 11.0 Å². The molecule has 0 aliphatic carbocycles. The van der Waals surface area contributed by atoms with Gasteiger partial charge in [0.05, 0.1) is 41.1 Å². The smallest absolute Gasteiger partial charge is 0.352 e. The summed E-state index contributed by atoms with van der Waals surface area (Å²) < 4.78 is 40.6. The van der Waals surface area contributed by atoms with Gasteiger partial charge in [-0.15, -0.1) is 0 Å². The average molecular weight is 494 g/mol. The molecule has 0 saturated heterocycles. The minimum absolute atomic E-state index is 0.402. The molecule has 0 fully saturated rings. The van der Waals surface area contributed by atoms with Crippen molar-refractivity contribution in [2.45, 2.75) is 32.1 Å². The Labute approximate surface area is 202 Å². The Bertz CT molecular complexity index is 1620. The third-order valence-corrected chi connectivity index (χ3v) is 5.89. The van der Waals surface area contributed by atoms with Crippen molar-refractivity contribution in [1.29, 1.82) is 0 Å². The van der Waals surface area contributed by atoms with Crippen LogP contribution in [0.2, 0.25) is 0 Å². The number of imidazole rings is 1. The van der Waals surface area contributed by atoms with E-state index in [9.17, 15) is 22.8 Å². The standard InChI is InChI=1S/C25H21F3N6O2/c1-15(10-25(26,27)28)31-23(35)14-33-21-4-2-3-5-22(21)34(24(33)36)17-8-6-16(7-9-17)18-11-29-13-20-19(18)12-30-32-20/h2-9,11-13,15H,10,14H2,1H3,(H,30,32)(H,31,35). The van der Waals surface area contributed by atoms with E-state index in [1.54, 1.807) is 55.0 Å². The minimum Gasteiger partial charge on any atom is -0.352 e. The first-order valence-corrected chi connectivity index (χ1v) is 11.2. The number of amides is 1. The predicted molar refractivity (Wildman–Crippen MR) is 129 cm³/mol. The van der Waals surface area contributed by atoms with Crippen molar-refractivity contribution < 1.29 is 18.0 Å². The summed E-state index contributed by atoms with van der Waals surface area (Å²) in [5.41, 5.74) is 3.75. The molecule has 3 aromatic heterocycles. The fourth-order valence-electron chi connectivity index (χ4n) is 4.36. The van der Waals surface area contributed by atoms with Gasteiger partial charge in [0.1, 0.15) is 6.54 Å². The van der Waals surface area contributed by atoms with Crippen LogP contribution in [0.4, 0.5) is 13.2 Å². The van der Waals surface area contributed by atoms with E-state index in [4.69, 9.17) is 0 Å². The molecule has 36 heavy (non-hydrogen) atoms. The minimum atomic E-state index is -4.40. The van der Waals surface area contributed by atoms with E-state index in [2.05, 4.69) is 20.5 Å². The van der Waals surface area contributed by atoms with Crippen LogP contribution in [0.5, 0.6) is 0 Å². The number of hydrogen-bond donors (Lipinski definition) is 2. The second kappa shape index (κ2) is 8.99. The van der Waals surface area contributed by atoms with E-state index < -0.39 is 36.8 Å². The summed E-state index contributed by atoms with van der Waals surface area (Å²) in [7, 11) is 0. The Morgan fingerprint density at radius 3 is 2.50 bits per heavy atom. The van der Waals surface area contributed by atoms with Gasteiger partial charge < -0.3 is 5.32 Å². The summed E-state index contributed by atoms with van der Waals surface area (Å²) in [6.45, 7) is 0.874. The molecule has 0 aliphatic heterocycles. The summed E-state index contributed by atoms with van der Waals surface area (Å²) >= 11 is 0. The van der Waals surface area contributed by atoms with E-state index in [1.807, 2.05) is 12.1 Å². The lowest BCUT2D eigenvalue weighted by Gasteiger charge is -2.16. The van der Waals surface area contributed by atoms with Gasteiger partial charge in [0.2, 0.25) is 5.91 Å². The maximum atomic E-state index is 13.4. The van der Waals surface area contributed by atoms with Crippen LogP contribution in [0.3, 0.4) is 0 Å². The quantitative estimate of drug-likeness (QED) is 0.370. The lowest BCUT2D eigenvalue weighted by atomic mass is 10.0. The number of para-hydroxylation sites is 2. The topological polar surface area (TPSA) is 97.6 Å². The number of aromatic nitrogens is 5. The van der Waals surface area contributed by atoms with E-state index in [0.29, 0.717) is 16.7 Å². The lowest BCUT2D eigenvalue weighted by molar-refractivity contribution is -0.141. The van der Waals surface area contributed by atoms with Gasteiger partial charge in [-0.1, -0.05) is 24.3 Å². The van der Waals surface area contributed by atoms with Crippen molar-refractivity contribution in [3.05, 3.63) is 77.6 Å². The number of halogens is 3. The molecule has 0 saturated carbocycles. The Balaban J connectivity index is 1.48. The number of benzene rings is 2. The number of carbonyl (C=O) groups excluding carboxylic acids is 1. The number of alkyl halides is 3. The Hall–Kier alpha value is -4.41. The van der Waals surface area contributed by atoms with Crippen molar-refractivity contribution >= 4 is 27.8 Å². The van der Waals surface area contributed by atoms with Gasteiger partial charge in [0.15, 0.2) is 0 Å². The number of aromatic amines is 1. The second-order valence-corrected chi connectivity index (χ2v) is 8.55. The molecule has 1 amide bonds. The molecule has 3 heterocycles. The highest BCUT2D eigenvalue weighted by Gasteiger charge is 2.30. The average Bonchev–Trinajstić information content (AvgIpc) is 3.41. The molecular weight excluding hydrogens is 473 g/mol. The zero-order valence-corrected chi connectivity index (χ0v) is 19.1. The van der Waals surface area contributed by atoms with E-state index in [-0.39, 0.29) is 0 Å². The largest absolute Gasteiger partial charge is 0.391 e. The number of H-pyrrole nitrogens is 1. The van der Waals surface area contributed by atoms with Gasteiger partial charge in [0.25, 0.3) is 0 Å². The molecule has 8 nitrogen and oxygen atoms in total.